The van der Waals surface area contributed by atoms with Crippen LogP contribution in [0.2, 0.25) is 0 Å². The van der Waals surface area contributed by atoms with Crippen LogP contribution in [0.4, 0.5) is 0 Å². The molecule has 0 aliphatic carbocycles. The van der Waals surface area contributed by atoms with Crippen LogP contribution in [0.15, 0.2) is 65.1 Å². The largest absolute Gasteiger partial charge is 0.459 e. The molecule has 1 aliphatic rings. The standard InChI is InChI=1S/C21H21NO3/c23-21(20-11-6-12-24-20)22(14-16-7-2-1-3-8-16)15-18-13-17-9-4-5-10-19(17)25-18/h1-5,7-10,13,20H,6,11-12,14-15H2/t20-/m1/s1. The zero-order valence-corrected chi connectivity index (χ0v) is 14.1. The molecule has 2 aromatic carbocycles. The van der Waals surface area contributed by atoms with Crippen molar-refractivity contribution in [2.45, 2.75) is 32.0 Å². The fraction of sp³-hybridized carbons (Fsp3) is 0.286. The van der Waals surface area contributed by atoms with Gasteiger partial charge in [0.25, 0.3) is 5.91 Å². The quantitative estimate of drug-likeness (QED) is 0.704. The summed E-state index contributed by atoms with van der Waals surface area (Å²) in [4.78, 5) is 14.8. The molecule has 0 radical (unpaired) electrons. The van der Waals surface area contributed by atoms with Gasteiger partial charge in [-0.1, -0.05) is 48.5 Å². The molecule has 4 rings (SSSR count). The summed E-state index contributed by atoms with van der Waals surface area (Å²) in [5.74, 6) is 0.838. The molecule has 0 unspecified atom stereocenters. The van der Waals surface area contributed by atoms with E-state index in [1.807, 2.05) is 65.6 Å². The number of benzene rings is 2. The maximum Gasteiger partial charge on any atom is 0.252 e. The molecule has 1 aromatic heterocycles. The molecule has 0 spiro atoms. The van der Waals surface area contributed by atoms with E-state index in [0.29, 0.717) is 19.7 Å². The fourth-order valence-corrected chi connectivity index (χ4v) is 3.29. The first-order valence-corrected chi connectivity index (χ1v) is 8.71. The van der Waals surface area contributed by atoms with Gasteiger partial charge in [-0.2, -0.15) is 0 Å². The van der Waals surface area contributed by atoms with Gasteiger partial charge in [-0.25, -0.2) is 0 Å². The monoisotopic (exact) mass is 335 g/mol. The zero-order valence-electron chi connectivity index (χ0n) is 14.1. The Bertz CT molecular complexity index is 817. The van der Waals surface area contributed by atoms with E-state index in [0.717, 1.165) is 35.1 Å². The zero-order chi connectivity index (χ0) is 17.1. The molecule has 1 aliphatic heterocycles. The lowest BCUT2D eigenvalue weighted by molar-refractivity contribution is -0.142. The third kappa shape index (κ3) is 3.59. The van der Waals surface area contributed by atoms with Crippen LogP contribution in [-0.4, -0.2) is 23.5 Å². The lowest BCUT2D eigenvalue weighted by atomic mass is 10.1. The fourth-order valence-electron chi connectivity index (χ4n) is 3.29. The van der Waals surface area contributed by atoms with Crippen LogP contribution in [-0.2, 0) is 22.6 Å². The van der Waals surface area contributed by atoms with Crippen molar-refractivity contribution in [2.75, 3.05) is 6.61 Å². The van der Waals surface area contributed by atoms with E-state index in [4.69, 9.17) is 9.15 Å². The topological polar surface area (TPSA) is 42.7 Å². The number of hydrogen-bond acceptors (Lipinski definition) is 3. The number of rotatable bonds is 5. The SMILES string of the molecule is O=C([C@H]1CCCO1)N(Cc1ccccc1)Cc1cc2ccccc2o1. The van der Waals surface area contributed by atoms with Crippen molar-refractivity contribution >= 4 is 16.9 Å². The summed E-state index contributed by atoms with van der Waals surface area (Å²) in [5.41, 5.74) is 1.95. The first kappa shape index (κ1) is 15.9. The van der Waals surface area contributed by atoms with E-state index in [9.17, 15) is 4.79 Å². The van der Waals surface area contributed by atoms with E-state index < -0.39 is 0 Å². The minimum absolute atomic E-state index is 0.0433. The molecule has 1 amide bonds. The summed E-state index contributed by atoms with van der Waals surface area (Å²) in [6, 6.07) is 20.0. The molecule has 128 valence electrons. The van der Waals surface area contributed by atoms with Gasteiger partial charge >= 0.3 is 0 Å². The van der Waals surface area contributed by atoms with E-state index in [-0.39, 0.29) is 12.0 Å². The molecule has 0 saturated carbocycles. The number of amides is 1. The van der Waals surface area contributed by atoms with E-state index in [2.05, 4.69) is 0 Å². The van der Waals surface area contributed by atoms with Gasteiger partial charge in [0.15, 0.2) is 0 Å². The summed E-state index contributed by atoms with van der Waals surface area (Å²) in [7, 11) is 0. The molecule has 0 N–H and O–H groups in total. The third-order valence-electron chi connectivity index (χ3n) is 4.56. The van der Waals surface area contributed by atoms with Crippen molar-refractivity contribution in [3.8, 4) is 0 Å². The Hall–Kier alpha value is -2.59. The van der Waals surface area contributed by atoms with Crippen molar-refractivity contribution in [1.29, 1.82) is 0 Å². The number of fused-ring (bicyclic) bond motifs is 1. The Labute approximate surface area is 147 Å². The summed E-state index contributed by atoms with van der Waals surface area (Å²) >= 11 is 0. The summed E-state index contributed by atoms with van der Waals surface area (Å²) < 4.78 is 11.5. The van der Waals surface area contributed by atoms with Crippen LogP contribution in [0.25, 0.3) is 11.0 Å². The van der Waals surface area contributed by atoms with Crippen LogP contribution in [0.5, 0.6) is 0 Å². The number of nitrogens with zero attached hydrogens (tertiary/aromatic N) is 1. The first-order chi connectivity index (χ1) is 12.3. The highest BCUT2D eigenvalue weighted by molar-refractivity contribution is 5.81. The Morgan fingerprint density at radius 3 is 2.60 bits per heavy atom. The molecule has 4 nitrogen and oxygen atoms in total. The number of ether oxygens (including phenoxy) is 1. The number of furan rings is 1. The second kappa shape index (κ2) is 7.11. The summed E-state index contributed by atoms with van der Waals surface area (Å²) in [6.07, 6.45) is 1.41. The predicted octanol–water partition coefficient (Wildman–Crippen LogP) is 4.14. The van der Waals surface area contributed by atoms with Gasteiger partial charge in [-0.3, -0.25) is 4.79 Å². The van der Waals surface area contributed by atoms with Crippen LogP contribution < -0.4 is 0 Å². The number of carbonyl (C=O) groups excluding carboxylic acids is 1. The van der Waals surface area contributed by atoms with Gasteiger partial charge in [0.05, 0.1) is 6.54 Å². The average Bonchev–Trinajstić information content (AvgIpc) is 3.31. The first-order valence-electron chi connectivity index (χ1n) is 8.71. The highest BCUT2D eigenvalue weighted by Gasteiger charge is 2.29. The lowest BCUT2D eigenvalue weighted by Gasteiger charge is -2.24. The van der Waals surface area contributed by atoms with Crippen molar-refractivity contribution in [3.63, 3.8) is 0 Å². The second-order valence-electron chi connectivity index (χ2n) is 6.43. The summed E-state index contributed by atoms with van der Waals surface area (Å²) in [6.45, 7) is 1.67. The Morgan fingerprint density at radius 2 is 1.84 bits per heavy atom. The van der Waals surface area contributed by atoms with E-state index >= 15 is 0 Å². The third-order valence-corrected chi connectivity index (χ3v) is 4.56. The average molecular weight is 335 g/mol. The molecule has 25 heavy (non-hydrogen) atoms. The normalized spacial score (nSPS) is 17.0. The molecule has 1 atom stereocenters. The molecule has 1 saturated heterocycles. The van der Waals surface area contributed by atoms with Crippen molar-refractivity contribution in [1.82, 2.24) is 4.90 Å². The van der Waals surface area contributed by atoms with Crippen molar-refractivity contribution in [2.24, 2.45) is 0 Å². The Morgan fingerprint density at radius 1 is 1.04 bits per heavy atom. The molecule has 1 fully saturated rings. The molecular weight excluding hydrogens is 314 g/mol. The highest BCUT2D eigenvalue weighted by atomic mass is 16.5. The number of para-hydroxylation sites is 1. The van der Waals surface area contributed by atoms with Gasteiger partial charge < -0.3 is 14.1 Å². The Balaban J connectivity index is 1.58. The molecular formula is C21H21NO3. The van der Waals surface area contributed by atoms with Crippen LogP contribution in [0.3, 0.4) is 0 Å². The minimum Gasteiger partial charge on any atom is -0.459 e. The van der Waals surface area contributed by atoms with Crippen LogP contribution in [0.1, 0.15) is 24.2 Å². The van der Waals surface area contributed by atoms with Crippen molar-refractivity contribution in [3.05, 3.63) is 72.0 Å². The molecule has 2 heterocycles. The Kier molecular flexibility index (Phi) is 4.53. The highest BCUT2D eigenvalue weighted by Crippen LogP contribution is 2.23. The lowest BCUT2D eigenvalue weighted by Crippen LogP contribution is -2.38. The predicted molar refractivity (Wildman–Crippen MR) is 95.9 cm³/mol. The van der Waals surface area contributed by atoms with Gasteiger partial charge in [-0.15, -0.1) is 0 Å². The molecule has 0 bridgehead atoms. The van der Waals surface area contributed by atoms with Crippen LogP contribution >= 0.6 is 0 Å². The molecule has 3 aromatic rings. The van der Waals surface area contributed by atoms with Gasteiger partial charge in [-0.05, 0) is 30.5 Å². The molecule has 4 heteroatoms. The van der Waals surface area contributed by atoms with Crippen LogP contribution in [0, 0.1) is 0 Å². The van der Waals surface area contributed by atoms with Gasteiger partial charge in [0, 0.05) is 18.5 Å². The number of hydrogen-bond donors (Lipinski definition) is 0. The smallest absolute Gasteiger partial charge is 0.252 e. The maximum absolute atomic E-state index is 12.9. The minimum atomic E-state index is -0.326. The summed E-state index contributed by atoms with van der Waals surface area (Å²) in [5, 5.41) is 1.06. The van der Waals surface area contributed by atoms with E-state index in [1.54, 1.807) is 0 Å². The second-order valence-corrected chi connectivity index (χ2v) is 6.43. The maximum atomic E-state index is 12.9. The van der Waals surface area contributed by atoms with Gasteiger partial charge in [0.1, 0.15) is 17.4 Å². The number of carbonyl (C=O) groups is 1. The van der Waals surface area contributed by atoms with Gasteiger partial charge in [0.2, 0.25) is 0 Å². The van der Waals surface area contributed by atoms with Crippen molar-refractivity contribution < 1.29 is 13.9 Å². The van der Waals surface area contributed by atoms with E-state index in [1.165, 1.54) is 0 Å².